The van der Waals surface area contributed by atoms with Crippen LogP contribution in [-0.2, 0) is 4.79 Å². The van der Waals surface area contributed by atoms with Gasteiger partial charge >= 0.3 is 6.03 Å². The first kappa shape index (κ1) is 16.6. The number of nitrogens with zero attached hydrogens (tertiary/aromatic N) is 2. The zero-order valence-electron chi connectivity index (χ0n) is 14.0. The van der Waals surface area contributed by atoms with Crippen LogP contribution in [0.2, 0.25) is 0 Å². The highest BCUT2D eigenvalue weighted by molar-refractivity contribution is 5.78. The summed E-state index contributed by atoms with van der Waals surface area (Å²) in [5.74, 6) is 0.577. The summed E-state index contributed by atoms with van der Waals surface area (Å²) in [4.78, 5) is 27.9. The van der Waals surface area contributed by atoms with Crippen molar-refractivity contribution in [3.63, 3.8) is 0 Å². The van der Waals surface area contributed by atoms with Crippen LogP contribution in [0.1, 0.15) is 44.9 Å². The molecular formula is C17H30N4O2. The number of likely N-dealkylation sites (tertiary alicyclic amines) is 2. The van der Waals surface area contributed by atoms with Crippen LogP contribution in [-0.4, -0.2) is 60.5 Å². The molecule has 6 heteroatoms. The van der Waals surface area contributed by atoms with E-state index in [0.29, 0.717) is 25.9 Å². The Morgan fingerprint density at radius 1 is 1.00 bits per heavy atom. The van der Waals surface area contributed by atoms with Gasteiger partial charge in [0, 0.05) is 44.7 Å². The molecule has 3 N–H and O–H groups in total. The van der Waals surface area contributed by atoms with Gasteiger partial charge in [-0.05, 0) is 38.0 Å². The summed E-state index contributed by atoms with van der Waals surface area (Å²) in [6, 6.07) is 0.304. The average Bonchev–Trinajstić information content (AvgIpc) is 3.20. The molecule has 3 fully saturated rings. The second kappa shape index (κ2) is 7.51. The molecule has 0 radical (unpaired) electrons. The Hall–Kier alpha value is -1.30. The van der Waals surface area contributed by atoms with E-state index in [0.717, 1.165) is 25.4 Å². The Balaban J connectivity index is 1.38. The van der Waals surface area contributed by atoms with Crippen LogP contribution in [0.3, 0.4) is 0 Å². The monoisotopic (exact) mass is 322 g/mol. The highest BCUT2D eigenvalue weighted by Gasteiger charge is 2.30. The van der Waals surface area contributed by atoms with E-state index in [1.165, 1.54) is 32.2 Å². The van der Waals surface area contributed by atoms with E-state index >= 15 is 0 Å². The lowest BCUT2D eigenvalue weighted by atomic mass is 9.96. The number of hydrogen-bond donors (Lipinski definition) is 2. The van der Waals surface area contributed by atoms with Crippen molar-refractivity contribution in [1.29, 1.82) is 0 Å². The third kappa shape index (κ3) is 4.37. The molecule has 130 valence electrons. The number of hydrogen-bond acceptors (Lipinski definition) is 3. The molecule has 0 spiro atoms. The van der Waals surface area contributed by atoms with Gasteiger partial charge in [-0.25, -0.2) is 4.79 Å². The molecule has 2 heterocycles. The third-order valence-electron chi connectivity index (χ3n) is 5.78. The lowest BCUT2D eigenvalue weighted by Crippen LogP contribution is -2.49. The minimum atomic E-state index is -0.233. The molecule has 0 aromatic rings. The molecule has 6 nitrogen and oxygen atoms in total. The van der Waals surface area contributed by atoms with Crippen LogP contribution in [0.25, 0.3) is 0 Å². The Bertz CT molecular complexity index is 428. The SMILES string of the molecule is NC(=O)C1CCN(C(=O)N[C@H]2CCN(CC3CCCC3)C2)CC1. The first-order valence-electron chi connectivity index (χ1n) is 9.19. The van der Waals surface area contributed by atoms with Gasteiger partial charge in [0.25, 0.3) is 0 Å². The first-order valence-corrected chi connectivity index (χ1v) is 9.19. The first-order chi connectivity index (χ1) is 11.1. The normalized spacial score (nSPS) is 27.5. The maximum atomic E-state index is 12.4. The molecule has 2 aliphatic heterocycles. The summed E-state index contributed by atoms with van der Waals surface area (Å²) >= 11 is 0. The fourth-order valence-corrected chi connectivity index (χ4v) is 4.31. The zero-order valence-corrected chi connectivity index (χ0v) is 14.0. The molecule has 0 unspecified atom stereocenters. The predicted molar refractivity (Wildman–Crippen MR) is 88.8 cm³/mol. The second-order valence-corrected chi connectivity index (χ2v) is 7.51. The third-order valence-corrected chi connectivity index (χ3v) is 5.78. The minimum absolute atomic E-state index is 0.0284. The number of nitrogens with two attached hydrogens (primary N) is 1. The van der Waals surface area contributed by atoms with Gasteiger partial charge < -0.3 is 20.9 Å². The Morgan fingerprint density at radius 3 is 2.35 bits per heavy atom. The van der Waals surface area contributed by atoms with Crippen molar-refractivity contribution in [2.24, 2.45) is 17.6 Å². The molecule has 23 heavy (non-hydrogen) atoms. The van der Waals surface area contributed by atoms with Gasteiger partial charge in [0.15, 0.2) is 0 Å². The largest absolute Gasteiger partial charge is 0.369 e. The highest BCUT2D eigenvalue weighted by atomic mass is 16.2. The fraction of sp³-hybridized carbons (Fsp3) is 0.882. The molecule has 3 amide bonds. The van der Waals surface area contributed by atoms with Crippen molar-refractivity contribution in [2.75, 3.05) is 32.7 Å². The topological polar surface area (TPSA) is 78.7 Å². The Morgan fingerprint density at radius 2 is 1.70 bits per heavy atom. The van der Waals surface area contributed by atoms with Crippen molar-refractivity contribution >= 4 is 11.9 Å². The average molecular weight is 322 g/mol. The number of carbonyl (C=O) groups excluding carboxylic acids is 2. The minimum Gasteiger partial charge on any atom is -0.369 e. The zero-order chi connectivity index (χ0) is 16.2. The molecule has 0 aromatic carbocycles. The van der Waals surface area contributed by atoms with Crippen molar-refractivity contribution < 1.29 is 9.59 Å². The van der Waals surface area contributed by atoms with E-state index in [1.807, 2.05) is 4.90 Å². The molecule has 3 rings (SSSR count). The molecule has 1 aliphatic carbocycles. The molecule has 2 saturated heterocycles. The maximum absolute atomic E-state index is 12.4. The quantitative estimate of drug-likeness (QED) is 0.815. The standard InChI is InChI=1S/C17H30N4O2/c18-16(22)14-5-9-21(10-6-14)17(23)19-15-7-8-20(12-15)11-13-3-1-2-4-13/h13-15H,1-12H2,(H2,18,22)(H,19,23)/t15-/m0/s1. The fourth-order valence-electron chi connectivity index (χ4n) is 4.31. The van der Waals surface area contributed by atoms with Crippen molar-refractivity contribution in [3.8, 4) is 0 Å². The maximum Gasteiger partial charge on any atom is 0.317 e. The molecular weight excluding hydrogens is 292 g/mol. The van der Waals surface area contributed by atoms with Crippen LogP contribution in [0, 0.1) is 11.8 Å². The van der Waals surface area contributed by atoms with Crippen LogP contribution >= 0.6 is 0 Å². The summed E-state index contributed by atoms with van der Waals surface area (Å²) in [5, 5.41) is 3.18. The number of amides is 3. The highest BCUT2D eigenvalue weighted by Crippen LogP contribution is 2.26. The van der Waals surface area contributed by atoms with E-state index in [2.05, 4.69) is 10.2 Å². The van der Waals surface area contributed by atoms with Gasteiger partial charge in [0.05, 0.1) is 0 Å². The van der Waals surface area contributed by atoms with Crippen molar-refractivity contribution in [2.45, 2.75) is 51.0 Å². The van der Waals surface area contributed by atoms with E-state index in [4.69, 9.17) is 5.73 Å². The van der Waals surface area contributed by atoms with E-state index in [-0.39, 0.29) is 23.9 Å². The van der Waals surface area contributed by atoms with E-state index < -0.39 is 0 Å². The second-order valence-electron chi connectivity index (χ2n) is 7.51. The van der Waals surface area contributed by atoms with Gasteiger partial charge in [-0.15, -0.1) is 0 Å². The van der Waals surface area contributed by atoms with Gasteiger partial charge in [-0.1, -0.05) is 12.8 Å². The summed E-state index contributed by atoms with van der Waals surface area (Å²) < 4.78 is 0. The van der Waals surface area contributed by atoms with Crippen LogP contribution in [0.4, 0.5) is 4.79 Å². The number of carbonyl (C=O) groups is 2. The summed E-state index contributed by atoms with van der Waals surface area (Å²) in [6.07, 6.45) is 7.98. The molecule has 1 saturated carbocycles. The van der Waals surface area contributed by atoms with Crippen molar-refractivity contribution in [1.82, 2.24) is 15.1 Å². The number of piperidine rings is 1. The predicted octanol–water partition coefficient (Wildman–Crippen LogP) is 1.16. The van der Waals surface area contributed by atoms with E-state index in [1.54, 1.807) is 0 Å². The Kier molecular flexibility index (Phi) is 5.41. The van der Waals surface area contributed by atoms with Gasteiger partial charge in [-0.2, -0.15) is 0 Å². The summed E-state index contributed by atoms with van der Waals surface area (Å²) in [6.45, 7) is 4.57. The molecule has 3 aliphatic rings. The van der Waals surface area contributed by atoms with E-state index in [9.17, 15) is 9.59 Å². The number of primary amides is 1. The lowest BCUT2D eigenvalue weighted by molar-refractivity contribution is -0.123. The number of nitrogens with one attached hydrogen (secondary N) is 1. The summed E-state index contributed by atoms with van der Waals surface area (Å²) in [7, 11) is 0. The lowest BCUT2D eigenvalue weighted by Gasteiger charge is -2.31. The van der Waals surface area contributed by atoms with Crippen LogP contribution in [0.15, 0.2) is 0 Å². The number of urea groups is 1. The van der Waals surface area contributed by atoms with Crippen LogP contribution < -0.4 is 11.1 Å². The van der Waals surface area contributed by atoms with Gasteiger partial charge in [0.1, 0.15) is 0 Å². The molecule has 0 aromatic heterocycles. The smallest absolute Gasteiger partial charge is 0.317 e. The van der Waals surface area contributed by atoms with Crippen LogP contribution in [0.5, 0.6) is 0 Å². The van der Waals surface area contributed by atoms with Gasteiger partial charge in [-0.3, -0.25) is 4.79 Å². The summed E-state index contributed by atoms with van der Waals surface area (Å²) in [5.41, 5.74) is 5.34. The van der Waals surface area contributed by atoms with Gasteiger partial charge in [0.2, 0.25) is 5.91 Å². The Labute approximate surface area is 138 Å². The number of rotatable bonds is 4. The van der Waals surface area contributed by atoms with Crippen molar-refractivity contribution in [3.05, 3.63) is 0 Å². The molecule has 0 bridgehead atoms. The molecule has 1 atom stereocenters.